The van der Waals surface area contributed by atoms with Crippen molar-refractivity contribution >= 4 is 0 Å². The minimum atomic E-state index is -0.540. The second kappa shape index (κ2) is 6.58. The van der Waals surface area contributed by atoms with Crippen molar-refractivity contribution in [1.82, 2.24) is 14.9 Å². The predicted molar refractivity (Wildman–Crippen MR) is 83.0 cm³/mol. The van der Waals surface area contributed by atoms with Crippen molar-refractivity contribution in [2.24, 2.45) is 0 Å². The molecule has 23 heavy (non-hydrogen) atoms. The summed E-state index contributed by atoms with van der Waals surface area (Å²) in [6.07, 6.45) is 2.15. The summed E-state index contributed by atoms with van der Waals surface area (Å²) < 4.78 is 27.6. The van der Waals surface area contributed by atoms with Crippen LogP contribution >= 0.6 is 0 Å². The van der Waals surface area contributed by atoms with Gasteiger partial charge in [-0.1, -0.05) is 13.0 Å². The Morgan fingerprint density at radius 1 is 1.30 bits per heavy atom. The van der Waals surface area contributed by atoms with Gasteiger partial charge >= 0.3 is 0 Å². The molecule has 0 amide bonds. The average Bonchev–Trinajstić information content (AvgIpc) is 2.51. The highest BCUT2D eigenvalue weighted by molar-refractivity contribution is 5.23. The Morgan fingerprint density at radius 3 is 2.74 bits per heavy atom. The molecule has 1 aromatic carbocycles. The molecule has 1 aliphatic heterocycles. The number of rotatable bonds is 4. The third-order valence-electron chi connectivity index (χ3n) is 4.13. The minimum Gasteiger partial charge on any atom is -0.310 e. The van der Waals surface area contributed by atoms with Crippen molar-refractivity contribution in [1.29, 1.82) is 0 Å². The van der Waals surface area contributed by atoms with Gasteiger partial charge < -0.3 is 4.98 Å². The zero-order valence-corrected chi connectivity index (χ0v) is 13.0. The Morgan fingerprint density at radius 2 is 2.04 bits per heavy atom. The Balaban J connectivity index is 1.83. The van der Waals surface area contributed by atoms with Crippen molar-refractivity contribution in [3.63, 3.8) is 0 Å². The molecule has 1 N–H and O–H groups in total. The number of aromatic amines is 1. The number of aryl methyl sites for hydroxylation is 1. The van der Waals surface area contributed by atoms with Gasteiger partial charge in [0, 0.05) is 37.2 Å². The van der Waals surface area contributed by atoms with Gasteiger partial charge in [0.15, 0.2) is 0 Å². The van der Waals surface area contributed by atoms with Gasteiger partial charge in [0.1, 0.15) is 17.5 Å². The highest BCUT2D eigenvalue weighted by Crippen LogP contribution is 2.20. The van der Waals surface area contributed by atoms with Gasteiger partial charge in [-0.2, -0.15) is 0 Å². The molecule has 4 nitrogen and oxygen atoms in total. The monoisotopic (exact) mass is 319 g/mol. The first-order valence-corrected chi connectivity index (χ1v) is 7.84. The predicted octanol–water partition coefficient (Wildman–Crippen LogP) is 2.56. The van der Waals surface area contributed by atoms with E-state index in [9.17, 15) is 13.6 Å². The summed E-state index contributed by atoms with van der Waals surface area (Å²) in [6.45, 7) is 3.21. The lowest BCUT2D eigenvalue weighted by Gasteiger charge is -2.28. The third kappa shape index (κ3) is 3.32. The zero-order chi connectivity index (χ0) is 16.4. The lowest BCUT2D eigenvalue weighted by Crippen LogP contribution is -2.35. The normalized spacial score (nSPS) is 14.7. The van der Waals surface area contributed by atoms with Crippen LogP contribution in [0.1, 0.15) is 36.0 Å². The molecule has 0 saturated carbocycles. The summed E-state index contributed by atoms with van der Waals surface area (Å²) in [7, 11) is 0. The van der Waals surface area contributed by atoms with Crippen LogP contribution in [0.4, 0.5) is 8.78 Å². The van der Waals surface area contributed by atoms with Crippen LogP contribution < -0.4 is 5.56 Å². The number of hydrogen-bond donors (Lipinski definition) is 1. The van der Waals surface area contributed by atoms with Crippen molar-refractivity contribution < 1.29 is 8.78 Å². The molecule has 0 saturated heterocycles. The number of halogens is 2. The molecule has 0 spiro atoms. The van der Waals surface area contributed by atoms with Crippen LogP contribution in [0.3, 0.4) is 0 Å². The van der Waals surface area contributed by atoms with E-state index >= 15 is 0 Å². The molecule has 3 rings (SSSR count). The van der Waals surface area contributed by atoms with E-state index in [0.29, 0.717) is 37.3 Å². The molecule has 0 atom stereocenters. The minimum absolute atomic E-state index is 0.0644. The first-order chi connectivity index (χ1) is 11.1. The van der Waals surface area contributed by atoms with Gasteiger partial charge in [-0.15, -0.1) is 0 Å². The SMILES string of the molecule is CCCc1nc2c(c(=O)[nH]1)CCN(Cc1c(F)cccc1F)C2. The van der Waals surface area contributed by atoms with E-state index in [1.165, 1.54) is 18.2 Å². The Kier molecular flexibility index (Phi) is 4.52. The molecule has 0 fully saturated rings. The summed E-state index contributed by atoms with van der Waals surface area (Å²) in [6, 6.07) is 3.88. The van der Waals surface area contributed by atoms with Crippen molar-refractivity contribution in [3.05, 3.63) is 62.8 Å². The molecule has 1 aliphatic rings. The lowest BCUT2D eigenvalue weighted by atomic mass is 10.0. The maximum absolute atomic E-state index is 13.8. The molecular weight excluding hydrogens is 300 g/mol. The standard InChI is InChI=1S/C17H19F2N3O/c1-2-4-16-20-15-10-22(8-7-11(15)17(23)21-16)9-12-13(18)5-3-6-14(12)19/h3,5-6H,2,4,7-10H2,1H3,(H,20,21,23). The summed E-state index contributed by atoms with van der Waals surface area (Å²) >= 11 is 0. The molecule has 0 radical (unpaired) electrons. The number of aromatic nitrogens is 2. The van der Waals surface area contributed by atoms with Crippen LogP contribution in [0, 0.1) is 11.6 Å². The van der Waals surface area contributed by atoms with Gasteiger partial charge in [0.25, 0.3) is 5.56 Å². The topological polar surface area (TPSA) is 49.0 Å². The van der Waals surface area contributed by atoms with E-state index in [-0.39, 0.29) is 17.7 Å². The molecule has 1 aromatic heterocycles. The van der Waals surface area contributed by atoms with E-state index in [4.69, 9.17) is 0 Å². The highest BCUT2D eigenvalue weighted by Gasteiger charge is 2.22. The molecule has 0 unspecified atom stereocenters. The van der Waals surface area contributed by atoms with E-state index in [1.807, 2.05) is 11.8 Å². The molecule has 6 heteroatoms. The highest BCUT2D eigenvalue weighted by atomic mass is 19.1. The van der Waals surface area contributed by atoms with Crippen LogP contribution in [-0.2, 0) is 25.9 Å². The second-order valence-electron chi connectivity index (χ2n) is 5.85. The zero-order valence-electron chi connectivity index (χ0n) is 13.0. The number of nitrogens with zero attached hydrogens (tertiary/aromatic N) is 2. The first kappa shape index (κ1) is 15.8. The van der Waals surface area contributed by atoms with Crippen molar-refractivity contribution in [2.45, 2.75) is 39.3 Å². The number of hydrogen-bond acceptors (Lipinski definition) is 3. The van der Waals surface area contributed by atoms with Crippen LogP contribution in [0.5, 0.6) is 0 Å². The first-order valence-electron chi connectivity index (χ1n) is 7.84. The largest absolute Gasteiger partial charge is 0.310 e. The fraction of sp³-hybridized carbons (Fsp3) is 0.412. The Labute approximate surface area is 133 Å². The second-order valence-corrected chi connectivity index (χ2v) is 5.85. The van der Waals surface area contributed by atoms with Gasteiger partial charge in [0.05, 0.1) is 5.69 Å². The van der Waals surface area contributed by atoms with Crippen molar-refractivity contribution in [3.8, 4) is 0 Å². The summed E-state index contributed by atoms with van der Waals surface area (Å²) in [5, 5.41) is 0. The molecule has 2 aromatic rings. The Bertz CT molecular complexity index is 753. The van der Waals surface area contributed by atoms with E-state index in [0.717, 1.165) is 12.1 Å². The molecule has 0 bridgehead atoms. The van der Waals surface area contributed by atoms with Crippen LogP contribution in [0.2, 0.25) is 0 Å². The van der Waals surface area contributed by atoms with E-state index in [1.54, 1.807) is 0 Å². The quantitative estimate of drug-likeness (QED) is 0.942. The van der Waals surface area contributed by atoms with Crippen LogP contribution in [0.25, 0.3) is 0 Å². The lowest BCUT2D eigenvalue weighted by molar-refractivity contribution is 0.233. The van der Waals surface area contributed by atoms with Gasteiger partial charge in [-0.3, -0.25) is 9.69 Å². The number of H-pyrrole nitrogens is 1. The van der Waals surface area contributed by atoms with Crippen LogP contribution in [-0.4, -0.2) is 21.4 Å². The smallest absolute Gasteiger partial charge is 0.254 e. The summed E-state index contributed by atoms with van der Waals surface area (Å²) in [4.78, 5) is 21.4. The average molecular weight is 319 g/mol. The molecule has 122 valence electrons. The van der Waals surface area contributed by atoms with Crippen molar-refractivity contribution in [2.75, 3.05) is 6.54 Å². The Hall–Kier alpha value is -2.08. The van der Waals surface area contributed by atoms with Gasteiger partial charge in [-0.05, 0) is 25.0 Å². The number of nitrogens with one attached hydrogen (secondary N) is 1. The van der Waals surface area contributed by atoms with E-state index in [2.05, 4.69) is 9.97 Å². The maximum atomic E-state index is 13.8. The molecule has 0 aliphatic carbocycles. The number of fused-ring (bicyclic) bond motifs is 1. The summed E-state index contributed by atoms with van der Waals surface area (Å²) in [5.74, 6) is -0.405. The third-order valence-corrected chi connectivity index (χ3v) is 4.13. The summed E-state index contributed by atoms with van der Waals surface area (Å²) in [5.41, 5.74) is 1.39. The fourth-order valence-electron chi connectivity index (χ4n) is 2.94. The van der Waals surface area contributed by atoms with Crippen LogP contribution in [0.15, 0.2) is 23.0 Å². The fourth-order valence-corrected chi connectivity index (χ4v) is 2.94. The molecular formula is C17H19F2N3O. The van der Waals surface area contributed by atoms with E-state index < -0.39 is 11.6 Å². The number of benzene rings is 1. The van der Waals surface area contributed by atoms with Gasteiger partial charge in [0.2, 0.25) is 0 Å². The maximum Gasteiger partial charge on any atom is 0.254 e. The molecule has 2 heterocycles. The van der Waals surface area contributed by atoms with Gasteiger partial charge in [-0.25, -0.2) is 13.8 Å².